The van der Waals surface area contributed by atoms with Crippen molar-refractivity contribution in [3.63, 3.8) is 0 Å². The molecule has 1 aliphatic carbocycles. The summed E-state index contributed by atoms with van der Waals surface area (Å²) in [4.78, 5) is 2.47. The molecular weight excluding hydrogens is 265 g/mol. The van der Waals surface area contributed by atoms with E-state index in [1.54, 1.807) is 6.07 Å². The fourth-order valence-corrected chi connectivity index (χ4v) is 3.15. The molecular formula is C17H22FN3. The summed E-state index contributed by atoms with van der Waals surface area (Å²) in [6, 6.07) is 7.89. The van der Waals surface area contributed by atoms with E-state index in [0.29, 0.717) is 17.6 Å². The van der Waals surface area contributed by atoms with Crippen molar-refractivity contribution in [1.29, 1.82) is 5.26 Å². The van der Waals surface area contributed by atoms with Crippen LogP contribution in [0.3, 0.4) is 0 Å². The van der Waals surface area contributed by atoms with Gasteiger partial charge >= 0.3 is 0 Å². The van der Waals surface area contributed by atoms with Gasteiger partial charge in [-0.3, -0.25) is 4.90 Å². The maximum atomic E-state index is 13.2. The third kappa shape index (κ3) is 3.81. The molecule has 112 valence electrons. The molecule has 1 aliphatic heterocycles. The van der Waals surface area contributed by atoms with Gasteiger partial charge in [0.25, 0.3) is 0 Å². The van der Waals surface area contributed by atoms with Gasteiger partial charge < -0.3 is 5.32 Å². The zero-order valence-electron chi connectivity index (χ0n) is 12.3. The minimum absolute atomic E-state index is 0.331. The highest BCUT2D eigenvalue weighted by Gasteiger charge is 2.31. The number of rotatable bonds is 5. The van der Waals surface area contributed by atoms with E-state index in [4.69, 9.17) is 0 Å². The molecule has 2 aliphatic rings. The van der Waals surface area contributed by atoms with E-state index < -0.39 is 0 Å². The second kappa shape index (κ2) is 6.55. The van der Waals surface area contributed by atoms with Crippen molar-refractivity contribution in [3.05, 3.63) is 35.1 Å². The third-order valence-electron chi connectivity index (χ3n) is 4.50. The molecule has 21 heavy (non-hydrogen) atoms. The lowest BCUT2D eigenvalue weighted by molar-refractivity contribution is 0.208. The van der Waals surface area contributed by atoms with Gasteiger partial charge in [-0.1, -0.05) is 12.5 Å². The van der Waals surface area contributed by atoms with Crippen LogP contribution < -0.4 is 5.32 Å². The first-order valence-electron chi connectivity index (χ1n) is 7.92. The number of hydrogen-bond acceptors (Lipinski definition) is 3. The van der Waals surface area contributed by atoms with Gasteiger partial charge in [0.2, 0.25) is 0 Å². The molecule has 0 spiro atoms. The number of benzene rings is 1. The first-order valence-corrected chi connectivity index (χ1v) is 7.92. The minimum Gasteiger partial charge on any atom is -0.313 e. The summed E-state index contributed by atoms with van der Waals surface area (Å²) in [5.74, 6) is -0.331. The van der Waals surface area contributed by atoms with Crippen LogP contribution in [-0.2, 0) is 6.54 Å². The van der Waals surface area contributed by atoms with Gasteiger partial charge in [-0.05, 0) is 49.9 Å². The second-order valence-corrected chi connectivity index (χ2v) is 6.22. The molecule has 1 heterocycles. The number of hydrogen-bond donors (Lipinski definition) is 1. The van der Waals surface area contributed by atoms with Crippen LogP contribution in [-0.4, -0.2) is 30.1 Å². The normalized spacial score (nSPS) is 22.2. The molecule has 3 nitrogen and oxygen atoms in total. The molecule has 1 saturated carbocycles. The van der Waals surface area contributed by atoms with Crippen LogP contribution in [0.25, 0.3) is 0 Å². The SMILES string of the molecule is N#Cc1cc(F)ccc1CN(CC1CCCCN1)C1CC1. The van der Waals surface area contributed by atoms with Crippen LogP contribution in [0.1, 0.15) is 43.2 Å². The number of halogens is 1. The average molecular weight is 287 g/mol. The monoisotopic (exact) mass is 287 g/mol. The zero-order chi connectivity index (χ0) is 14.7. The first-order chi connectivity index (χ1) is 10.3. The largest absolute Gasteiger partial charge is 0.313 e. The molecule has 1 aromatic carbocycles. The zero-order valence-corrected chi connectivity index (χ0v) is 12.3. The molecule has 1 saturated heterocycles. The lowest BCUT2D eigenvalue weighted by Crippen LogP contribution is -2.44. The Morgan fingerprint density at radius 1 is 1.29 bits per heavy atom. The molecule has 3 rings (SSSR count). The number of nitrogens with one attached hydrogen (secondary N) is 1. The van der Waals surface area contributed by atoms with Crippen molar-refractivity contribution >= 4 is 0 Å². The number of piperidine rings is 1. The summed E-state index contributed by atoms with van der Waals surface area (Å²) in [5.41, 5.74) is 1.42. The van der Waals surface area contributed by atoms with Gasteiger partial charge in [-0.2, -0.15) is 5.26 Å². The Kier molecular flexibility index (Phi) is 4.52. The highest BCUT2D eigenvalue weighted by molar-refractivity contribution is 5.38. The lowest BCUT2D eigenvalue weighted by atomic mass is 10.0. The van der Waals surface area contributed by atoms with E-state index >= 15 is 0 Å². The molecule has 0 radical (unpaired) electrons. The van der Waals surface area contributed by atoms with Gasteiger partial charge in [-0.15, -0.1) is 0 Å². The van der Waals surface area contributed by atoms with E-state index in [9.17, 15) is 9.65 Å². The van der Waals surface area contributed by atoms with E-state index in [2.05, 4.69) is 16.3 Å². The van der Waals surface area contributed by atoms with Gasteiger partial charge in [0.05, 0.1) is 11.6 Å². The van der Waals surface area contributed by atoms with Gasteiger partial charge in [-0.25, -0.2) is 4.39 Å². The minimum atomic E-state index is -0.331. The molecule has 0 aromatic heterocycles. The Morgan fingerprint density at radius 2 is 2.14 bits per heavy atom. The van der Waals surface area contributed by atoms with Crippen molar-refractivity contribution in [2.45, 2.75) is 50.7 Å². The van der Waals surface area contributed by atoms with Crippen LogP contribution in [0.2, 0.25) is 0 Å². The Balaban J connectivity index is 1.69. The van der Waals surface area contributed by atoms with Gasteiger partial charge in [0.15, 0.2) is 0 Å². The Bertz CT molecular complexity index is 527. The highest BCUT2D eigenvalue weighted by Crippen LogP contribution is 2.29. The maximum Gasteiger partial charge on any atom is 0.124 e. The van der Waals surface area contributed by atoms with E-state index in [0.717, 1.165) is 25.2 Å². The van der Waals surface area contributed by atoms with Crippen LogP contribution in [0.5, 0.6) is 0 Å². The maximum absolute atomic E-state index is 13.2. The average Bonchev–Trinajstić information content (AvgIpc) is 3.34. The molecule has 2 fully saturated rings. The molecule has 0 amide bonds. The van der Waals surface area contributed by atoms with Crippen molar-refractivity contribution in [3.8, 4) is 6.07 Å². The summed E-state index contributed by atoms with van der Waals surface area (Å²) in [7, 11) is 0. The standard InChI is InChI=1S/C17H22FN3/c18-15-5-4-13(14(9-15)10-19)11-21(17-6-7-17)12-16-3-1-2-8-20-16/h4-5,9,16-17,20H,1-3,6-8,11-12H2. The van der Waals surface area contributed by atoms with Crippen molar-refractivity contribution in [1.82, 2.24) is 10.2 Å². The fourth-order valence-electron chi connectivity index (χ4n) is 3.15. The van der Waals surface area contributed by atoms with E-state index in [1.807, 2.05) is 0 Å². The van der Waals surface area contributed by atoms with E-state index in [1.165, 1.54) is 44.2 Å². The summed E-state index contributed by atoms with van der Waals surface area (Å²) < 4.78 is 13.2. The van der Waals surface area contributed by atoms with Gasteiger partial charge in [0, 0.05) is 25.2 Å². The summed E-state index contributed by atoms with van der Waals surface area (Å²) >= 11 is 0. The molecule has 1 atom stereocenters. The quantitative estimate of drug-likeness (QED) is 0.905. The topological polar surface area (TPSA) is 39.1 Å². The number of nitriles is 1. The second-order valence-electron chi connectivity index (χ2n) is 6.22. The summed E-state index contributed by atoms with van der Waals surface area (Å²) in [6.07, 6.45) is 6.30. The van der Waals surface area contributed by atoms with Crippen molar-refractivity contribution in [2.24, 2.45) is 0 Å². The fraction of sp³-hybridized carbons (Fsp3) is 0.588. The Labute approximate surface area is 125 Å². The van der Waals surface area contributed by atoms with Crippen LogP contribution in [0.15, 0.2) is 18.2 Å². The molecule has 0 bridgehead atoms. The highest BCUT2D eigenvalue weighted by atomic mass is 19.1. The van der Waals surface area contributed by atoms with E-state index in [-0.39, 0.29) is 5.82 Å². The van der Waals surface area contributed by atoms with Gasteiger partial charge in [0.1, 0.15) is 5.82 Å². The molecule has 1 unspecified atom stereocenters. The predicted octanol–water partition coefficient (Wildman–Crippen LogP) is 2.80. The first kappa shape index (κ1) is 14.5. The molecule has 1 aromatic rings. The lowest BCUT2D eigenvalue weighted by Gasteiger charge is -2.31. The molecule has 4 heteroatoms. The smallest absolute Gasteiger partial charge is 0.124 e. The van der Waals surface area contributed by atoms with Crippen molar-refractivity contribution < 1.29 is 4.39 Å². The summed E-state index contributed by atoms with van der Waals surface area (Å²) in [6.45, 7) is 2.90. The van der Waals surface area contributed by atoms with Crippen LogP contribution in [0.4, 0.5) is 4.39 Å². The Hall–Kier alpha value is -1.44. The summed E-state index contributed by atoms with van der Waals surface area (Å²) in [5, 5.41) is 12.8. The third-order valence-corrected chi connectivity index (χ3v) is 4.50. The van der Waals surface area contributed by atoms with Crippen molar-refractivity contribution in [2.75, 3.05) is 13.1 Å². The van der Waals surface area contributed by atoms with Crippen LogP contribution >= 0.6 is 0 Å². The number of nitrogens with zero attached hydrogens (tertiary/aromatic N) is 2. The Morgan fingerprint density at radius 3 is 2.81 bits per heavy atom. The molecule has 1 N–H and O–H groups in total. The predicted molar refractivity (Wildman–Crippen MR) is 80.2 cm³/mol. The van der Waals surface area contributed by atoms with Crippen LogP contribution in [0, 0.1) is 17.1 Å².